The van der Waals surface area contributed by atoms with E-state index in [2.05, 4.69) is 5.32 Å². The number of nitrogens with one attached hydrogen (secondary N) is 2. The molecule has 4 N–H and O–H groups in total. The summed E-state index contributed by atoms with van der Waals surface area (Å²) in [6, 6.07) is 7.70. The number of hydrogen-bond acceptors (Lipinski definition) is 2. The monoisotopic (exact) mass is 276 g/mol. The van der Waals surface area contributed by atoms with Crippen LogP contribution in [0.15, 0.2) is 24.3 Å². The summed E-state index contributed by atoms with van der Waals surface area (Å²) in [5.41, 5.74) is 7.24. The molecule has 0 aliphatic carbocycles. The first kappa shape index (κ1) is 14.5. The van der Waals surface area contributed by atoms with Crippen LogP contribution in [-0.2, 0) is 9.59 Å². The van der Waals surface area contributed by atoms with Gasteiger partial charge in [-0.25, -0.2) is 0 Å². The molecule has 108 valence electrons. The summed E-state index contributed by atoms with van der Waals surface area (Å²) in [4.78, 5) is 24.4. The lowest BCUT2D eigenvalue weighted by molar-refractivity contribution is -0.899. The summed E-state index contributed by atoms with van der Waals surface area (Å²) < 4.78 is 0. The molecule has 1 aliphatic heterocycles. The minimum atomic E-state index is -0.249. The molecule has 1 unspecified atom stereocenters. The van der Waals surface area contributed by atoms with Crippen molar-refractivity contribution in [2.75, 3.05) is 25.0 Å². The molecule has 1 aliphatic rings. The molecule has 0 bridgehead atoms. The van der Waals surface area contributed by atoms with Crippen LogP contribution in [0.2, 0.25) is 0 Å². The molecule has 1 aromatic carbocycles. The number of rotatable bonds is 4. The third-order valence-corrected chi connectivity index (χ3v) is 3.85. The van der Waals surface area contributed by atoms with E-state index < -0.39 is 0 Å². The van der Waals surface area contributed by atoms with Gasteiger partial charge in [-0.1, -0.05) is 18.2 Å². The van der Waals surface area contributed by atoms with E-state index in [1.54, 1.807) is 0 Å². The van der Waals surface area contributed by atoms with Crippen molar-refractivity contribution in [2.24, 2.45) is 11.7 Å². The Balaban J connectivity index is 1.88. The van der Waals surface area contributed by atoms with Gasteiger partial charge in [-0.05, 0) is 31.4 Å². The predicted molar refractivity (Wildman–Crippen MR) is 77.3 cm³/mol. The van der Waals surface area contributed by atoms with E-state index in [-0.39, 0.29) is 17.7 Å². The van der Waals surface area contributed by atoms with E-state index in [1.165, 1.54) is 0 Å². The highest BCUT2D eigenvalue weighted by atomic mass is 16.2. The van der Waals surface area contributed by atoms with Gasteiger partial charge in [0.2, 0.25) is 5.91 Å². The first-order chi connectivity index (χ1) is 9.56. The molecular formula is C15H22N3O2+. The molecule has 5 heteroatoms. The second-order valence-corrected chi connectivity index (χ2v) is 5.49. The molecule has 0 saturated carbocycles. The summed E-state index contributed by atoms with van der Waals surface area (Å²) >= 11 is 0. The van der Waals surface area contributed by atoms with Crippen LogP contribution in [0.25, 0.3) is 0 Å². The second-order valence-electron chi connectivity index (χ2n) is 5.49. The highest BCUT2D eigenvalue weighted by Gasteiger charge is 2.28. The van der Waals surface area contributed by atoms with Crippen LogP contribution >= 0.6 is 0 Å². The average molecular weight is 276 g/mol. The molecule has 1 aromatic rings. The van der Waals surface area contributed by atoms with Gasteiger partial charge in [0.15, 0.2) is 6.54 Å². The Hall–Kier alpha value is -1.88. The Labute approximate surface area is 119 Å². The zero-order valence-electron chi connectivity index (χ0n) is 11.8. The summed E-state index contributed by atoms with van der Waals surface area (Å²) in [5.74, 6) is -0.356. The molecule has 5 nitrogen and oxygen atoms in total. The first-order valence-corrected chi connectivity index (χ1v) is 7.04. The number of nitrogens with two attached hydrogens (primary N) is 1. The number of primary amides is 1. The third-order valence-electron chi connectivity index (χ3n) is 3.85. The van der Waals surface area contributed by atoms with Gasteiger partial charge < -0.3 is 16.0 Å². The number of para-hydroxylation sites is 1. The van der Waals surface area contributed by atoms with Crippen molar-refractivity contribution in [3.8, 4) is 0 Å². The van der Waals surface area contributed by atoms with Crippen molar-refractivity contribution in [1.29, 1.82) is 0 Å². The lowest BCUT2D eigenvalue weighted by Crippen LogP contribution is -3.14. The molecule has 0 spiro atoms. The minimum Gasteiger partial charge on any atom is -0.369 e. The van der Waals surface area contributed by atoms with Crippen LogP contribution in [0, 0.1) is 12.8 Å². The molecule has 2 rings (SSSR count). The number of anilines is 1. The van der Waals surface area contributed by atoms with E-state index in [9.17, 15) is 9.59 Å². The van der Waals surface area contributed by atoms with Gasteiger partial charge >= 0.3 is 0 Å². The fraction of sp³-hybridized carbons (Fsp3) is 0.467. The van der Waals surface area contributed by atoms with E-state index in [0.717, 1.165) is 35.5 Å². The maximum atomic E-state index is 12.1. The van der Waals surface area contributed by atoms with Gasteiger partial charge in [0, 0.05) is 5.69 Å². The predicted octanol–water partition coefficient (Wildman–Crippen LogP) is -0.286. The number of likely N-dealkylation sites (tertiary alicyclic amines) is 1. The topological polar surface area (TPSA) is 76.6 Å². The van der Waals surface area contributed by atoms with E-state index in [0.29, 0.717) is 13.1 Å². The molecule has 0 radical (unpaired) electrons. The van der Waals surface area contributed by atoms with Crippen LogP contribution in [0.1, 0.15) is 18.4 Å². The Morgan fingerprint density at radius 2 is 2.15 bits per heavy atom. The maximum absolute atomic E-state index is 12.1. The molecule has 20 heavy (non-hydrogen) atoms. The van der Waals surface area contributed by atoms with Crippen molar-refractivity contribution in [3.63, 3.8) is 0 Å². The maximum Gasteiger partial charge on any atom is 0.279 e. The Morgan fingerprint density at radius 3 is 2.85 bits per heavy atom. The molecular weight excluding hydrogens is 254 g/mol. The highest BCUT2D eigenvalue weighted by molar-refractivity contribution is 5.92. The van der Waals surface area contributed by atoms with Gasteiger partial charge in [-0.15, -0.1) is 0 Å². The highest BCUT2D eigenvalue weighted by Crippen LogP contribution is 2.12. The summed E-state index contributed by atoms with van der Waals surface area (Å²) in [6.45, 7) is 3.94. The minimum absolute atomic E-state index is 0.0144. The van der Waals surface area contributed by atoms with Gasteiger partial charge in [0.1, 0.15) is 0 Å². The van der Waals surface area contributed by atoms with Crippen LogP contribution < -0.4 is 16.0 Å². The number of amides is 2. The molecule has 0 aromatic heterocycles. The normalized spacial score (nSPS) is 22.2. The van der Waals surface area contributed by atoms with Crippen molar-refractivity contribution in [2.45, 2.75) is 19.8 Å². The second kappa shape index (κ2) is 6.52. The van der Waals surface area contributed by atoms with Crippen LogP contribution in [-0.4, -0.2) is 31.4 Å². The Bertz CT molecular complexity index is 502. The smallest absolute Gasteiger partial charge is 0.279 e. The standard InChI is InChI=1S/C15H21N3O2/c1-11-5-2-3-7-13(11)17-14(19)10-18-8-4-6-12(9-18)15(16)20/h2-3,5,7,12H,4,6,8-10H2,1H3,(H2,16,20)(H,17,19)/p+1/t12-/m0/s1. The number of benzene rings is 1. The fourth-order valence-corrected chi connectivity index (χ4v) is 2.69. The van der Waals surface area contributed by atoms with E-state index in [1.807, 2.05) is 31.2 Å². The Morgan fingerprint density at radius 1 is 1.40 bits per heavy atom. The molecule has 1 heterocycles. The first-order valence-electron chi connectivity index (χ1n) is 7.04. The number of carbonyl (C=O) groups excluding carboxylic acids is 2. The van der Waals surface area contributed by atoms with Gasteiger partial charge in [-0.2, -0.15) is 0 Å². The summed E-state index contributed by atoms with van der Waals surface area (Å²) in [5, 5.41) is 2.93. The van der Waals surface area contributed by atoms with Crippen LogP contribution in [0.3, 0.4) is 0 Å². The fourth-order valence-electron chi connectivity index (χ4n) is 2.69. The van der Waals surface area contributed by atoms with Crippen molar-refractivity contribution >= 4 is 17.5 Å². The Kier molecular flexibility index (Phi) is 4.74. The van der Waals surface area contributed by atoms with Crippen LogP contribution in [0.5, 0.6) is 0 Å². The van der Waals surface area contributed by atoms with Gasteiger partial charge in [0.25, 0.3) is 5.91 Å². The zero-order chi connectivity index (χ0) is 14.5. The quantitative estimate of drug-likeness (QED) is 0.707. The van der Waals surface area contributed by atoms with Gasteiger partial charge in [-0.3, -0.25) is 9.59 Å². The summed E-state index contributed by atoms with van der Waals surface area (Å²) in [6.07, 6.45) is 1.79. The van der Waals surface area contributed by atoms with Crippen molar-refractivity contribution in [3.05, 3.63) is 29.8 Å². The van der Waals surface area contributed by atoms with E-state index >= 15 is 0 Å². The third kappa shape index (κ3) is 3.81. The number of hydrogen-bond donors (Lipinski definition) is 3. The molecule has 2 amide bonds. The van der Waals surface area contributed by atoms with Gasteiger partial charge in [0.05, 0.1) is 19.0 Å². The SMILES string of the molecule is Cc1ccccc1NC(=O)C[NH+]1CCC[C@H](C(N)=O)C1. The van der Waals surface area contributed by atoms with E-state index in [4.69, 9.17) is 5.73 Å². The number of aryl methyl sites for hydroxylation is 1. The zero-order valence-corrected chi connectivity index (χ0v) is 11.8. The lowest BCUT2D eigenvalue weighted by atomic mass is 9.97. The number of quaternary nitrogens is 1. The average Bonchev–Trinajstić information content (AvgIpc) is 2.41. The van der Waals surface area contributed by atoms with Crippen LogP contribution in [0.4, 0.5) is 5.69 Å². The summed E-state index contributed by atoms with van der Waals surface area (Å²) in [7, 11) is 0. The molecule has 2 atom stereocenters. The molecule has 1 fully saturated rings. The number of piperidine rings is 1. The largest absolute Gasteiger partial charge is 0.369 e. The van der Waals surface area contributed by atoms with Crippen molar-refractivity contribution in [1.82, 2.24) is 0 Å². The number of carbonyl (C=O) groups is 2. The lowest BCUT2D eigenvalue weighted by Gasteiger charge is -2.27. The molecule has 1 saturated heterocycles. The van der Waals surface area contributed by atoms with Crippen molar-refractivity contribution < 1.29 is 14.5 Å².